The van der Waals surface area contributed by atoms with Gasteiger partial charge in [-0.2, -0.15) is 11.8 Å². The highest BCUT2D eigenvalue weighted by Gasteiger charge is 2.29. The van der Waals surface area contributed by atoms with E-state index < -0.39 is 0 Å². The molecule has 106 valence electrons. The summed E-state index contributed by atoms with van der Waals surface area (Å²) in [6, 6.07) is 0.264. The zero-order valence-electron chi connectivity index (χ0n) is 11.1. The fourth-order valence-electron chi connectivity index (χ4n) is 2.87. The van der Waals surface area contributed by atoms with Gasteiger partial charge < -0.3 is 10.6 Å². The Morgan fingerprint density at radius 2 is 2.22 bits per heavy atom. The highest BCUT2D eigenvalue weighted by atomic mass is 35.5. The fourth-order valence-corrected chi connectivity index (χ4v) is 4.05. The van der Waals surface area contributed by atoms with Gasteiger partial charge in [-0.1, -0.05) is 13.3 Å². The van der Waals surface area contributed by atoms with E-state index in [2.05, 4.69) is 11.8 Å². The SMILES string of the molecule is CCC1CN(C(=O)C[C@@H]2CCC[C@H]2N)CCS1.Cl. The normalized spacial score (nSPS) is 32.1. The van der Waals surface area contributed by atoms with Crippen molar-refractivity contribution in [2.24, 2.45) is 11.7 Å². The third kappa shape index (κ3) is 4.04. The molecule has 2 aliphatic rings. The van der Waals surface area contributed by atoms with Crippen LogP contribution in [-0.4, -0.2) is 40.9 Å². The summed E-state index contributed by atoms with van der Waals surface area (Å²) in [6.07, 6.45) is 5.30. The summed E-state index contributed by atoms with van der Waals surface area (Å²) in [5.41, 5.74) is 6.04. The van der Waals surface area contributed by atoms with Gasteiger partial charge in [-0.25, -0.2) is 0 Å². The minimum Gasteiger partial charge on any atom is -0.341 e. The molecule has 3 atom stereocenters. The number of nitrogens with two attached hydrogens (primary N) is 1. The van der Waals surface area contributed by atoms with Gasteiger partial charge in [0.1, 0.15) is 0 Å². The second-order valence-corrected chi connectivity index (χ2v) is 6.71. The molecule has 1 amide bonds. The van der Waals surface area contributed by atoms with E-state index in [1.165, 1.54) is 6.42 Å². The summed E-state index contributed by atoms with van der Waals surface area (Å²) in [5, 5.41) is 0.643. The highest BCUT2D eigenvalue weighted by Crippen LogP contribution is 2.28. The number of nitrogens with zero attached hydrogens (tertiary/aromatic N) is 1. The van der Waals surface area contributed by atoms with Crippen LogP contribution in [0.3, 0.4) is 0 Å². The first kappa shape index (κ1) is 16.1. The Kier molecular flexibility index (Phi) is 6.82. The van der Waals surface area contributed by atoms with Crippen LogP contribution >= 0.6 is 24.2 Å². The molecule has 3 nitrogen and oxygen atoms in total. The van der Waals surface area contributed by atoms with Crippen LogP contribution in [0.1, 0.15) is 39.0 Å². The number of hydrogen-bond donors (Lipinski definition) is 1. The first-order chi connectivity index (χ1) is 8.20. The van der Waals surface area contributed by atoms with Crippen molar-refractivity contribution in [3.05, 3.63) is 0 Å². The first-order valence-corrected chi connectivity index (χ1v) is 7.90. The second kappa shape index (κ2) is 7.61. The van der Waals surface area contributed by atoms with Crippen LogP contribution in [0.4, 0.5) is 0 Å². The summed E-state index contributed by atoms with van der Waals surface area (Å²) in [7, 11) is 0. The highest BCUT2D eigenvalue weighted by molar-refractivity contribution is 8.00. The summed E-state index contributed by atoms with van der Waals surface area (Å²) in [4.78, 5) is 14.3. The predicted molar refractivity (Wildman–Crippen MR) is 80.3 cm³/mol. The molecule has 18 heavy (non-hydrogen) atoms. The summed E-state index contributed by atoms with van der Waals surface area (Å²) < 4.78 is 0. The number of halogens is 1. The van der Waals surface area contributed by atoms with Gasteiger partial charge in [-0.3, -0.25) is 4.79 Å². The van der Waals surface area contributed by atoms with Crippen molar-refractivity contribution >= 4 is 30.1 Å². The molecule has 1 saturated carbocycles. The van der Waals surface area contributed by atoms with Crippen LogP contribution in [0.25, 0.3) is 0 Å². The molecule has 1 saturated heterocycles. The van der Waals surface area contributed by atoms with Crippen LogP contribution in [0, 0.1) is 5.92 Å². The van der Waals surface area contributed by atoms with E-state index in [0.29, 0.717) is 23.5 Å². The maximum Gasteiger partial charge on any atom is 0.222 e. The van der Waals surface area contributed by atoms with Gasteiger partial charge in [0.15, 0.2) is 0 Å². The monoisotopic (exact) mass is 292 g/mol. The lowest BCUT2D eigenvalue weighted by Crippen LogP contribution is -2.43. The molecular formula is C13H25ClN2OS. The van der Waals surface area contributed by atoms with E-state index in [9.17, 15) is 4.79 Å². The van der Waals surface area contributed by atoms with Gasteiger partial charge in [-0.15, -0.1) is 12.4 Å². The van der Waals surface area contributed by atoms with Crippen molar-refractivity contribution in [3.8, 4) is 0 Å². The van der Waals surface area contributed by atoms with Gasteiger partial charge in [0.25, 0.3) is 0 Å². The van der Waals surface area contributed by atoms with Crippen LogP contribution in [0.2, 0.25) is 0 Å². The Balaban J connectivity index is 0.00000162. The quantitative estimate of drug-likeness (QED) is 0.868. The maximum atomic E-state index is 12.2. The van der Waals surface area contributed by atoms with Crippen molar-refractivity contribution in [1.82, 2.24) is 4.90 Å². The number of thioether (sulfide) groups is 1. The molecule has 0 radical (unpaired) electrons. The summed E-state index contributed by atoms with van der Waals surface area (Å²) in [5.74, 6) is 1.88. The summed E-state index contributed by atoms with van der Waals surface area (Å²) in [6.45, 7) is 4.09. The van der Waals surface area contributed by atoms with Crippen molar-refractivity contribution in [2.45, 2.75) is 50.3 Å². The number of rotatable bonds is 3. The van der Waals surface area contributed by atoms with E-state index in [0.717, 1.165) is 38.1 Å². The van der Waals surface area contributed by atoms with E-state index in [-0.39, 0.29) is 18.4 Å². The topological polar surface area (TPSA) is 46.3 Å². The standard InChI is InChI=1S/C13H24N2OS.ClH/c1-2-11-9-15(6-7-17-11)13(16)8-10-4-3-5-12(10)14;/h10-12H,2-9,14H2,1H3;1H/t10-,11?,12+;/m0./s1. The number of amides is 1. The molecule has 1 heterocycles. The Bertz CT molecular complexity index is 278. The third-order valence-corrected chi connectivity index (χ3v) is 5.47. The molecule has 1 aliphatic heterocycles. The van der Waals surface area contributed by atoms with E-state index in [4.69, 9.17) is 5.73 Å². The Labute approximate surface area is 121 Å². The van der Waals surface area contributed by atoms with E-state index in [1.807, 2.05) is 11.8 Å². The summed E-state index contributed by atoms with van der Waals surface area (Å²) >= 11 is 2.01. The average Bonchev–Trinajstić information content (AvgIpc) is 2.75. The smallest absolute Gasteiger partial charge is 0.222 e. The van der Waals surface area contributed by atoms with Crippen LogP contribution < -0.4 is 5.73 Å². The lowest BCUT2D eigenvalue weighted by Gasteiger charge is -2.33. The molecule has 1 aliphatic carbocycles. The minimum absolute atomic E-state index is 0. The third-order valence-electron chi connectivity index (χ3n) is 4.10. The molecular weight excluding hydrogens is 268 g/mol. The van der Waals surface area contributed by atoms with E-state index in [1.54, 1.807) is 0 Å². The number of carbonyl (C=O) groups is 1. The molecule has 1 unspecified atom stereocenters. The zero-order chi connectivity index (χ0) is 12.3. The molecule has 0 bridgehead atoms. The lowest BCUT2D eigenvalue weighted by molar-refractivity contribution is -0.132. The fraction of sp³-hybridized carbons (Fsp3) is 0.923. The van der Waals surface area contributed by atoms with Crippen molar-refractivity contribution in [1.29, 1.82) is 0 Å². The number of hydrogen-bond acceptors (Lipinski definition) is 3. The van der Waals surface area contributed by atoms with Crippen molar-refractivity contribution < 1.29 is 4.79 Å². The predicted octanol–water partition coefficient (Wildman–Crippen LogP) is 2.28. The van der Waals surface area contributed by atoms with Crippen LogP contribution in [-0.2, 0) is 4.79 Å². The lowest BCUT2D eigenvalue weighted by atomic mass is 9.99. The van der Waals surface area contributed by atoms with Gasteiger partial charge in [0, 0.05) is 36.6 Å². The van der Waals surface area contributed by atoms with Crippen molar-refractivity contribution in [2.75, 3.05) is 18.8 Å². The Morgan fingerprint density at radius 3 is 2.83 bits per heavy atom. The molecule has 0 aromatic carbocycles. The molecule has 2 fully saturated rings. The Hall–Kier alpha value is 0.0700. The molecule has 0 aromatic rings. The second-order valence-electron chi connectivity index (χ2n) is 5.30. The zero-order valence-corrected chi connectivity index (χ0v) is 12.8. The van der Waals surface area contributed by atoms with Gasteiger partial charge in [-0.05, 0) is 25.2 Å². The van der Waals surface area contributed by atoms with Crippen LogP contribution in [0.5, 0.6) is 0 Å². The molecule has 0 spiro atoms. The van der Waals surface area contributed by atoms with Crippen molar-refractivity contribution in [3.63, 3.8) is 0 Å². The van der Waals surface area contributed by atoms with Crippen LogP contribution in [0.15, 0.2) is 0 Å². The first-order valence-electron chi connectivity index (χ1n) is 6.85. The maximum absolute atomic E-state index is 12.2. The molecule has 5 heteroatoms. The average molecular weight is 293 g/mol. The molecule has 2 N–H and O–H groups in total. The largest absolute Gasteiger partial charge is 0.341 e. The van der Waals surface area contributed by atoms with Gasteiger partial charge in [0.2, 0.25) is 5.91 Å². The van der Waals surface area contributed by atoms with Gasteiger partial charge in [0.05, 0.1) is 0 Å². The van der Waals surface area contributed by atoms with Gasteiger partial charge >= 0.3 is 0 Å². The van der Waals surface area contributed by atoms with E-state index >= 15 is 0 Å². The minimum atomic E-state index is 0. The molecule has 0 aromatic heterocycles. The molecule has 2 rings (SSSR count). The Morgan fingerprint density at radius 1 is 1.44 bits per heavy atom. The number of carbonyl (C=O) groups excluding carboxylic acids is 1.